The van der Waals surface area contributed by atoms with Gasteiger partial charge >= 0.3 is 0 Å². The van der Waals surface area contributed by atoms with Crippen molar-refractivity contribution in [1.29, 1.82) is 0 Å². The number of nitrogens with zero attached hydrogens (tertiary/aromatic N) is 2. The van der Waals surface area contributed by atoms with Crippen molar-refractivity contribution in [3.8, 4) is 0 Å². The molecule has 3 aromatic rings. The highest BCUT2D eigenvalue weighted by atomic mass is 15.2. The standard InChI is InChI=1S/C23H23N3/c1-26(23(24)25-16-6-9-17-7-3-2-4-8-17)21-15-14-19-13-12-18-10-5-11-20(21)22(18)19/h2-5,7-8,10-15H,6,9,16H2,1H3,(H2,24,25). The molecule has 0 aromatic heterocycles. The molecule has 0 fully saturated rings. The molecule has 0 bridgehead atoms. The van der Waals surface area contributed by atoms with Gasteiger partial charge in [-0.05, 0) is 41.0 Å². The number of hydrogen-bond acceptors (Lipinski definition) is 1. The van der Waals surface area contributed by atoms with E-state index in [4.69, 9.17) is 5.73 Å². The Kier molecular flexibility index (Phi) is 4.44. The Labute approximate surface area is 154 Å². The van der Waals surface area contributed by atoms with E-state index < -0.39 is 0 Å². The van der Waals surface area contributed by atoms with E-state index in [1.54, 1.807) is 0 Å². The molecular weight excluding hydrogens is 318 g/mol. The van der Waals surface area contributed by atoms with E-state index in [0.29, 0.717) is 5.96 Å². The van der Waals surface area contributed by atoms with Crippen LogP contribution in [0.25, 0.3) is 22.9 Å². The van der Waals surface area contributed by atoms with Crippen molar-refractivity contribution in [3.05, 3.63) is 77.4 Å². The van der Waals surface area contributed by atoms with Crippen LogP contribution in [0.2, 0.25) is 0 Å². The molecule has 130 valence electrons. The molecule has 26 heavy (non-hydrogen) atoms. The highest BCUT2D eigenvalue weighted by molar-refractivity contribution is 6.12. The molecule has 0 amide bonds. The van der Waals surface area contributed by atoms with E-state index in [1.165, 1.54) is 27.5 Å². The third kappa shape index (κ3) is 3.08. The third-order valence-corrected chi connectivity index (χ3v) is 4.97. The number of rotatable bonds is 5. The molecule has 0 unspecified atom stereocenters. The number of guanidine groups is 1. The van der Waals surface area contributed by atoms with Crippen molar-refractivity contribution < 1.29 is 0 Å². The average molecular weight is 341 g/mol. The van der Waals surface area contributed by atoms with Gasteiger partial charge in [0.2, 0.25) is 0 Å². The average Bonchev–Trinajstić information content (AvgIpc) is 3.11. The fourth-order valence-electron chi connectivity index (χ4n) is 3.55. The minimum atomic E-state index is 0.560. The van der Waals surface area contributed by atoms with Gasteiger partial charge in [-0.2, -0.15) is 0 Å². The van der Waals surface area contributed by atoms with Gasteiger partial charge in [-0.3, -0.25) is 4.99 Å². The maximum atomic E-state index is 6.27. The molecule has 0 spiro atoms. The fraction of sp³-hybridized carbons (Fsp3) is 0.174. The third-order valence-electron chi connectivity index (χ3n) is 4.97. The summed E-state index contributed by atoms with van der Waals surface area (Å²) in [5.74, 6) is 0.560. The van der Waals surface area contributed by atoms with Gasteiger partial charge in [-0.15, -0.1) is 0 Å². The van der Waals surface area contributed by atoms with Crippen LogP contribution in [0.4, 0.5) is 5.69 Å². The van der Waals surface area contributed by atoms with Gasteiger partial charge in [0.15, 0.2) is 5.96 Å². The molecule has 0 atom stereocenters. The normalized spacial score (nSPS) is 12.7. The van der Waals surface area contributed by atoms with Gasteiger partial charge < -0.3 is 10.6 Å². The Hall–Kier alpha value is -3.07. The van der Waals surface area contributed by atoms with Crippen LogP contribution in [0.15, 0.2) is 65.7 Å². The van der Waals surface area contributed by atoms with Crippen LogP contribution in [0.3, 0.4) is 0 Å². The predicted octanol–water partition coefficient (Wildman–Crippen LogP) is 4.71. The van der Waals surface area contributed by atoms with Gasteiger partial charge in [0, 0.05) is 19.0 Å². The molecule has 0 radical (unpaired) electrons. The Morgan fingerprint density at radius 3 is 2.50 bits per heavy atom. The summed E-state index contributed by atoms with van der Waals surface area (Å²) >= 11 is 0. The molecular formula is C23H23N3. The zero-order valence-electron chi connectivity index (χ0n) is 15.0. The first-order valence-electron chi connectivity index (χ1n) is 9.05. The lowest BCUT2D eigenvalue weighted by Gasteiger charge is -2.21. The molecule has 2 N–H and O–H groups in total. The lowest BCUT2D eigenvalue weighted by Crippen LogP contribution is -2.34. The zero-order chi connectivity index (χ0) is 17.9. The zero-order valence-corrected chi connectivity index (χ0v) is 15.0. The van der Waals surface area contributed by atoms with E-state index in [9.17, 15) is 0 Å². The van der Waals surface area contributed by atoms with Crippen LogP contribution in [0, 0.1) is 0 Å². The maximum absolute atomic E-state index is 6.27. The Morgan fingerprint density at radius 1 is 0.923 bits per heavy atom. The van der Waals surface area contributed by atoms with Gasteiger partial charge in [-0.25, -0.2) is 0 Å². The van der Waals surface area contributed by atoms with E-state index in [-0.39, 0.29) is 0 Å². The first kappa shape index (κ1) is 16.4. The van der Waals surface area contributed by atoms with Crippen molar-refractivity contribution in [3.63, 3.8) is 0 Å². The first-order valence-corrected chi connectivity index (χ1v) is 9.05. The molecule has 3 nitrogen and oxygen atoms in total. The van der Waals surface area contributed by atoms with Crippen molar-refractivity contribution in [2.45, 2.75) is 12.8 Å². The summed E-state index contributed by atoms with van der Waals surface area (Å²) in [6.45, 7) is 0.730. The van der Waals surface area contributed by atoms with Crippen LogP contribution in [0.5, 0.6) is 0 Å². The number of nitrogens with two attached hydrogens (primary N) is 1. The Balaban J connectivity index is 1.49. The van der Waals surface area contributed by atoms with E-state index >= 15 is 0 Å². The van der Waals surface area contributed by atoms with E-state index in [1.807, 2.05) is 18.0 Å². The van der Waals surface area contributed by atoms with Crippen molar-refractivity contribution in [2.75, 3.05) is 18.5 Å². The van der Waals surface area contributed by atoms with Crippen molar-refractivity contribution in [2.24, 2.45) is 10.7 Å². The second-order valence-corrected chi connectivity index (χ2v) is 6.67. The van der Waals surface area contributed by atoms with Crippen LogP contribution in [0.1, 0.15) is 23.1 Å². The number of anilines is 1. The van der Waals surface area contributed by atoms with E-state index in [0.717, 1.165) is 25.1 Å². The van der Waals surface area contributed by atoms with Gasteiger partial charge in [0.05, 0.1) is 5.69 Å². The molecule has 0 aliphatic heterocycles. The molecule has 1 aliphatic rings. The Bertz CT molecular complexity index is 975. The number of aryl methyl sites for hydroxylation is 1. The maximum Gasteiger partial charge on any atom is 0.195 e. The molecule has 1 aliphatic carbocycles. The van der Waals surface area contributed by atoms with Gasteiger partial charge in [0.1, 0.15) is 0 Å². The smallest absolute Gasteiger partial charge is 0.195 e. The SMILES string of the molecule is CN(C(N)=NCCCc1ccccc1)c1ccc2c3c(cccc13)C=C2. The van der Waals surface area contributed by atoms with Crippen molar-refractivity contribution in [1.82, 2.24) is 0 Å². The quantitative estimate of drug-likeness (QED) is 0.324. The highest BCUT2D eigenvalue weighted by Gasteiger charge is 2.15. The minimum Gasteiger partial charge on any atom is -0.370 e. The molecule has 0 heterocycles. The fourth-order valence-corrected chi connectivity index (χ4v) is 3.55. The molecule has 0 saturated heterocycles. The summed E-state index contributed by atoms with van der Waals surface area (Å²) in [7, 11) is 1.99. The summed E-state index contributed by atoms with van der Waals surface area (Å²) in [4.78, 5) is 6.58. The molecule has 4 rings (SSSR count). The molecule has 0 saturated carbocycles. The summed E-state index contributed by atoms with van der Waals surface area (Å²) in [5, 5.41) is 2.52. The van der Waals surface area contributed by atoms with Crippen molar-refractivity contribution >= 4 is 34.6 Å². The van der Waals surface area contributed by atoms with Crippen LogP contribution >= 0.6 is 0 Å². The highest BCUT2D eigenvalue weighted by Crippen LogP contribution is 2.36. The number of benzene rings is 3. The van der Waals surface area contributed by atoms with Gasteiger partial charge in [-0.1, -0.05) is 66.7 Å². The van der Waals surface area contributed by atoms with Gasteiger partial charge in [0.25, 0.3) is 0 Å². The summed E-state index contributed by atoms with van der Waals surface area (Å²) < 4.78 is 0. The number of aliphatic imine (C=N–C) groups is 1. The van der Waals surface area contributed by atoms with Crippen LogP contribution in [-0.4, -0.2) is 19.6 Å². The summed E-state index contributed by atoms with van der Waals surface area (Å²) in [6, 6.07) is 21.2. The topological polar surface area (TPSA) is 41.6 Å². The molecule has 3 heteroatoms. The Morgan fingerprint density at radius 2 is 1.69 bits per heavy atom. The second-order valence-electron chi connectivity index (χ2n) is 6.67. The monoisotopic (exact) mass is 341 g/mol. The number of hydrogen-bond donors (Lipinski definition) is 1. The summed E-state index contributed by atoms with van der Waals surface area (Å²) in [5.41, 5.74) is 11.2. The second kappa shape index (κ2) is 7.04. The van der Waals surface area contributed by atoms with Crippen LogP contribution < -0.4 is 10.6 Å². The van der Waals surface area contributed by atoms with Crippen LogP contribution in [-0.2, 0) is 6.42 Å². The molecule has 3 aromatic carbocycles. The first-order chi connectivity index (χ1) is 12.7. The van der Waals surface area contributed by atoms with E-state index in [2.05, 4.69) is 71.7 Å². The lowest BCUT2D eigenvalue weighted by molar-refractivity contribution is 0.829. The minimum absolute atomic E-state index is 0.560. The predicted molar refractivity (Wildman–Crippen MR) is 113 cm³/mol. The summed E-state index contributed by atoms with van der Waals surface area (Å²) in [6.07, 6.45) is 6.35. The largest absolute Gasteiger partial charge is 0.370 e. The lowest BCUT2D eigenvalue weighted by atomic mass is 10.0.